The lowest BCUT2D eigenvalue weighted by molar-refractivity contribution is 0.108. The molecule has 11 heavy (non-hydrogen) atoms. The van der Waals surface area contributed by atoms with Crippen LogP contribution in [0.25, 0.3) is 0 Å². The molecule has 0 amide bonds. The van der Waals surface area contributed by atoms with Crippen LogP contribution in [0.1, 0.15) is 10.4 Å². The zero-order chi connectivity index (χ0) is 7.56. The summed E-state index contributed by atoms with van der Waals surface area (Å²) in [5, 5.41) is -0.137. The van der Waals surface area contributed by atoms with Crippen molar-refractivity contribution in [3.63, 3.8) is 0 Å². The second-order valence-corrected chi connectivity index (χ2v) is 2.45. The Kier molecular flexibility index (Phi) is 4.42. The molecule has 1 aromatic heterocycles. The Balaban J connectivity index is 0.000001000. The number of nitrogens with zero attached hydrogens (tertiary/aromatic N) is 1. The molecular weight excluding hydrogens is 208 g/mol. The third-order valence-electron chi connectivity index (χ3n) is 0.932. The molecule has 0 aliphatic carbocycles. The predicted octanol–water partition coefficient (Wildman–Crippen LogP) is 2.54. The van der Waals surface area contributed by atoms with E-state index >= 15 is 0 Å². The SMILES string of the molecule is Cl.O=C(Cl)c1cncc(Cl)c1. The van der Waals surface area contributed by atoms with Crippen molar-refractivity contribution in [2.75, 3.05) is 0 Å². The third kappa shape index (κ3) is 3.06. The number of carbonyl (C=O) groups excluding carboxylic acids is 1. The van der Waals surface area contributed by atoms with Gasteiger partial charge in [-0.15, -0.1) is 12.4 Å². The molecule has 0 aliphatic heterocycles. The summed E-state index contributed by atoms with van der Waals surface area (Å²) in [5.74, 6) is 0. The first-order valence-electron chi connectivity index (χ1n) is 2.50. The fourth-order valence-corrected chi connectivity index (χ4v) is 0.797. The Bertz CT molecular complexity index is 264. The third-order valence-corrected chi connectivity index (χ3v) is 1.36. The summed E-state index contributed by atoms with van der Waals surface area (Å²) in [5.41, 5.74) is 0.314. The van der Waals surface area contributed by atoms with Crippen molar-refractivity contribution in [3.8, 4) is 0 Å². The van der Waals surface area contributed by atoms with Gasteiger partial charge in [0.15, 0.2) is 0 Å². The first-order valence-corrected chi connectivity index (χ1v) is 3.26. The Morgan fingerprint density at radius 3 is 2.45 bits per heavy atom. The van der Waals surface area contributed by atoms with Crippen LogP contribution in [0.2, 0.25) is 5.02 Å². The highest BCUT2D eigenvalue weighted by atomic mass is 35.5. The van der Waals surface area contributed by atoms with Gasteiger partial charge in [-0.25, -0.2) is 0 Å². The molecule has 0 unspecified atom stereocenters. The molecule has 0 spiro atoms. The van der Waals surface area contributed by atoms with Crippen LogP contribution < -0.4 is 0 Å². The van der Waals surface area contributed by atoms with Gasteiger partial charge in [-0.2, -0.15) is 0 Å². The molecule has 0 fully saturated rings. The summed E-state index contributed by atoms with van der Waals surface area (Å²) in [6, 6.07) is 1.46. The minimum absolute atomic E-state index is 0. The highest BCUT2D eigenvalue weighted by Gasteiger charge is 2.00. The maximum atomic E-state index is 10.5. The maximum Gasteiger partial charge on any atom is 0.253 e. The molecule has 5 heteroatoms. The van der Waals surface area contributed by atoms with Gasteiger partial charge >= 0.3 is 0 Å². The van der Waals surface area contributed by atoms with Crippen molar-refractivity contribution in [1.82, 2.24) is 4.98 Å². The van der Waals surface area contributed by atoms with Gasteiger partial charge in [-0.1, -0.05) is 11.6 Å². The van der Waals surface area contributed by atoms with Crippen LogP contribution in [0.3, 0.4) is 0 Å². The predicted molar refractivity (Wildman–Crippen MR) is 46.7 cm³/mol. The van der Waals surface area contributed by atoms with E-state index in [1.54, 1.807) is 0 Å². The fourth-order valence-electron chi connectivity index (χ4n) is 0.519. The van der Waals surface area contributed by atoms with Crippen molar-refractivity contribution in [2.24, 2.45) is 0 Å². The lowest BCUT2D eigenvalue weighted by Crippen LogP contribution is -1.88. The van der Waals surface area contributed by atoms with Crippen LogP contribution in [-0.4, -0.2) is 10.2 Å². The summed E-state index contributed by atoms with van der Waals surface area (Å²) in [6.45, 7) is 0. The highest BCUT2D eigenvalue weighted by Crippen LogP contribution is 2.09. The standard InChI is InChI=1S/C6H3Cl2NO.ClH/c7-5-1-4(6(8)10)2-9-3-5;/h1-3H;1H. The molecule has 0 atom stereocenters. The zero-order valence-electron chi connectivity index (χ0n) is 5.25. The Hall–Kier alpha value is -0.310. The van der Waals surface area contributed by atoms with Crippen LogP contribution in [0.15, 0.2) is 18.5 Å². The van der Waals surface area contributed by atoms with Crippen LogP contribution in [0.5, 0.6) is 0 Å². The first kappa shape index (κ1) is 10.7. The highest BCUT2D eigenvalue weighted by molar-refractivity contribution is 6.67. The minimum Gasteiger partial charge on any atom is -0.276 e. The van der Waals surface area contributed by atoms with Gasteiger partial charge in [-0.05, 0) is 17.7 Å². The number of hydrogen-bond donors (Lipinski definition) is 0. The zero-order valence-corrected chi connectivity index (χ0v) is 7.58. The smallest absolute Gasteiger partial charge is 0.253 e. The average Bonchev–Trinajstić information content (AvgIpc) is 1.88. The number of rotatable bonds is 1. The van der Waals surface area contributed by atoms with Gasteiger partial charge in [0.2, 0.25) is 0 Å². The molecule has 1 heterocycles. The summed E-state index contributed by atoms with van der Waals surface area (Å²) >= 11 is 10.7. The van der Waals surface area contributed by atoms with Crippen LogP contribution in [-0.2, 0) is 0 Å². The molecule has 0 radical (unpaired) electrons. The summed E-state index contributed by atoms with van der Waals surface area (Å²) < 4.78 is 0. The minimum atomic E-state index is -0.546. The molecule has 0 bridgehead atoms. The second kappa shape index (κ2) is 4.54. The van der Waals surface area contributed by atoms with Gasteiger partial charge < -0.3 is 0 Å². The largest absolute Gasteiger partial charge is 0.276 e. The molecule has 2 nitrogen and oxygen atoms in total. The van der Waals surface area contributed by atoms with Gasteiger partial charge in [0, 0.05) is 12.4 Å². The summed E-state index contributed by atoms with van der Waals surface area (Å²) in [4.78, 5) is 14.1. The van der Waals surface area contributed by atoms with Crippen molar-refractivity contribution < 1.29 is 4.79 Å². The Morgan fingerprint density at radius 1 is 1.45 bits per heavy atom. The maximum absolute atomic E-state index is 10.5. The van der Waals surface area contributed by atoms with Gasteiger partial charge in [-0.3, -0.25) is 9.78 Å². The van der Waals surface area contributed by atoms with E-state index in [2.05, 4.69) is 4.98 Å². The molecule has 0 N–H and O–H groups in total. The van der Waals surface area contributed by atoms with E-state index in [-0.39, 0.29) is 12.4 Å². The van der Waals surface area contributed by atoms with E-state index in [1.807, 2.05) is 0 Å². The fraction of sp³-hybridized carbons (Fsp3) is 0. The first-order chi connectivity index (χ1) is 4.70. The number of hydrogen-bond acceptors (Lipinski definition) is 2. The van der Waals surface area contributed by atoms with Gasteiger partial charge in [0.25, 0.3) is 5.24 Å². The normalized spacial score (nSPS) is 8.55. The van der Waals surface area contributed by atoms with Crippen molar-refractivity contribution in [3.05, 3.63) is 29.0 Å². The second-order valence-electron chi connectivity index (χ2n) is 1.67. The number of aromatic nitrogens is 1. The van der Waals surface area contributed by atoms with E-state index < -0.39 is 5.24 Å². The average molecular weight is 212 g/mol. The molecule has 1 rings (SSSR count). The molecular formula is C6H4Cl3NO. The molecule has 0 aliphatic rings. The van der Waals surface area contributed by atoms with Gasteiger partial charge in [0.1, 0.15) is 0 Å². The van der Waals surface area contributed by atoms with E-state index in [4.69, 9.17) is 23.2 Å². The number of pyridine rings is 1. The Morgan fingerprint density at radius 2 is 2.09 bits per heavy atom. The molecule has 0 saturated heterocycles. The number of carbonyl (C=O) groups is 1. The van der Waals surface area contributed by atoms with Crippen molar-refractivity contribution >= 4 is 40.9 Å². The summed E-state index contributed by atoms with van der Waals surface area (Å²) in [7, 11) is 0. The van der Waals surface area contributed by atoms with Gasteiger partial charge in [0.05, 0.1) is 10.6 Å². The van der Waals surface area contributed by atoms with Crippen LogP contribution in [0, 0.1) is 0 Å². The molecule has 0 aromatic carbocycles. The van der Waals surface area contributed by atoms with Crippen LogP contribution in [0.4, 0.5) is 0 Å². The molecule has 60 valence electrons. The quantitative estimate of drug-likeness (QED) is 0.670. The Labute approximate surface area is 79.9 Å². The molecule has 1 aromatic rings. The van der Waals surface area contributed by atoms with E-state index in [9.17, 15) is 4.79 Å². The summed E-state index contributed by atoms with van der Waals surface area (Å²) in [6.07, 6.45) is 2.80. The number of halogens is 3. The monoisotopic (exact) mass is 211 g/mol. The van der Waals surface area contributed by atoms with E-state index in [1.165, 1.54) is 18.5 Å². The lowest BCUT2D eigenvalue weighted by atomic mass is 10.3. The van der Waals surface area contributed by atoms with E-state index in [0.29, 0.717) is 10.6 Å². The molecule has 0 saturated carbocycles. The van der Waals surface area contributed by atoms with E-state index in [0.717, 1.165) is 0 Å². The van der Waals surface area contributed by atoms with Crippen molar-refractivity contribution in [1.29, 1.82) is 0 Å². The van der Waals surface area contributed by atoms with Crippen LogP contribution >= 0.6 is 35.6 Å². The van der Waals surface area contributed by atoms with Crippen molar-refractivity contribution in [2.45, 2.75) is 0 Å². The lowest BCUT2D eigenvalue weighted by Gasteiger charge is -1.90. The topological polar surface area (TPSA) is 30.0 Å².